The number of rotatable bonds is 4. The molecule has 5 aliphatic carbocycles. The first kappa shape index (κ1) is 15.5. The van der Waals surface area contributed by atoms with Gasteiger partial charge < -0.3 is 0 Å². The van der Waals surface area contributed by atoms with Crippen LogP contribution in [0.3, 0.4) is 0 Å². The molecular formula is C23H32. The highest BCUT2D eigenvalue weighted by atomic mass is 14.5. The van der Waals surface area contributed by atoms with Crippen LogP contribution in [0.4, 0.5) is 0 Å². The maximum absolute atomic E-state index is 2.48. The highest BCUT2D eigenvalue weighted by Crippen LogP contribution is 2.52. The minimum Gasteiger partial charge on any atom is -0.0882 e. The van der Waals surface area contributed by atoms with Crippen molar-refractivity contribution in [1.82, 2.24) is 0 Å². The summed E-state index contributed by atoms with van der Waals surface area (Å²) in [6, 6.07) is 0. The first-order valence-electron chi connectivity index (χ1n) is 10.0. The summed E-state index contributed by atoms with van der Waals surface area (Å²) in [6.07, 6.45) is 29.1. The number of hydrogen-bond acceptors (Lipinski definition) is 0. The summed E-state index contributed by atoms with van der Waals surface area (Å²) >= 11 is 0. The molecule has 124 valence electrons. The monoisotopic (exact) mass is 308 g/mol. The van der Waals surface area contributed by atoms with Gasteiger partial charge in [-0.05, 0) is 73.5 Å². The van der Waals surface area contributed by atoms with Crippen LogP contribution in [0.1, 0.15) is 51.9 Å². The third kappa shape index (κ3) is 3.14. The van der Waals surface area contributed by atoms with E-state index in [2.05, 4.69) is 55.5 Å². The van der Waals surface area contributed by atoms with Crippen molar-refractivity contribution in [2.24, 2.45) is 41.4 Å². The van der Waals surface area contributed by atoms with Gasteiger partial charge in [0.15, 0.2) is 0 Å². The van der Waals surface area contributed by atoms with Crippen molar-refractivity contribution in [3.05, 3.63) is 48.6 Å². The SMILES string of the molecule is C1=CC2C3C=CC(C3)C2C1.CCCC/C=C/C1CC2C=CC1C2. The molecule has 0 saturated heterocycles. The molecule has 2 saturated carbocycles. The van der Waals surface area contributed by atoms with Crippen LogP contribution >= 0.6 is 0 Å². The van der Waals surface area contributed by atoms with Crippen molar-refractivity contribution in [2.75, 3.05) is 0 Å². The van der Waals surface area contributed by atoms with Crippen molar-refractivity contribution in [3.8, 4) is 0 Å². The topological polar surface area (TPSA) is 0 Å². The predicted octanol–water partition coefficient (Wildman–Crippen LogP) is 6.33. The molecule has 0 radical (unpaired) electrons. The molecule has 0 aliphatic heterocycles. The zero-order valence-electron chi connectivity index (χ0n) is 14.6. The average Bonchev–Trinajstić information content (AvgIpc) is 3.37. The van der Waals surface area contributed by atoms with E-state index < -0.39 is 0 Å². The molecule has 0 aromatic carbocycles. The summed E-state index contributed by atoms with van der Waals surface area (Å²) in [7, 11) is 0. The number of unbranched alkanes of at least 4 members (excludes halogenated alkanes) is 2. The second-order valence-corrected chi connectivity index (χ2v) is 8.37. The van der Waals surface area contributed by atoms with Gasteiger partial charge in [-0.3, -0.25) is 0 Å². The molecule has 23 heavy (non-hydrogen) atoms. The van der Waals surface area contributed by atoms with Gasteiger partial charge in [-0.25, -0.2) is 0 Å². The Labute approximate surface area is 142 Å². The van der Waals surface area contributed by atoms with Gasteiger partial charge in [0, 0.05) is 0 Å². The van der Waals surface area contributed by atoms with Crippen LogP contribution in [0.5, 0.6) is 0 Å². The van der Waals surface area contributed by atoms with Gasteiger partial charge in [0.1, 0.15) is 0 Å². The molecule has 0 heterocycles. The van der Waals surface area contributed by atoms with Crippen LogP contribution in [0.25, 0.3) is 0 Å². The summed E-state index contributed by atoms with van der Waals surface area (Å²) < 4.78 is 0. The molecule has 7 atom stereocenters. The first-order chi connectivity index (χ1) is 11.3. The normalized spacial score (nSPS) is 44.3. The molecule has 5 aliphatic rings. The summed E-state index contributed by atoms with van der Waals surface area (Å²) in [5.74, 6) is 6.52. The van der Waals surface area contributed by atoms with E-state index in [1.165, 1.54) is 44.9 Å². The smallest absolute Gasteiger partial charge is 0.0133 e. The molecule has 2 fully saturated rings. The van der Waals surface area contributed by atoms with E-state index in [4.69, 9.17) is 0 Å². The molecule has 0 N–H and O–H groups in total. The van der Waals surface area contributed by atoms with Crippen molar-refractivity contribution < 1.29 is 0 Å². The molecule has 0 aromatic rings. The minimum atomic E-state index is 0.881. The highest BCUT2D eigenvalue weighted by Gasteiger charge is 2.44. The lowest BCUT2D eigenvalue weighted by Gasteiger charge is -2.18. The molecule has 0 amide bonds. The quantitative estimate of drug-likeness (QED) is 0.420. The van der Waals surface area contributed by atoms with Crippen molar-refractivity contribution >= 4 is 0 Å². The molecule has 0 nitrogen and oxygen atoms in total. The van der Waals surface area contributed by atoms with Gasteiger partial charge in [-0.15, -0.1) is 0 Å². The molecule has 7 unspecified atom stereocenters. The fourth-order valence-electron chi connectivity index (χ4n) is 5.61. The van der Waals surface area contributed by atoms with Crippen LogP contribution in [0.2, 0.25) is 0 Å². The largest absolute Gasteiger partial charge is 0.0882 e. The molecule has 4 bridgehead atoms. The molecule has 0 heteroatoms. The molecule has 5 rings (SSSR count). The van der Waals surface area contributed by atoms with E-state index in [-0.39, 0.29) is 0 Å². The summed E-state index contributed by atoms with van der Waals surface area (Å²) in [5.41, 5.74) is 0. The van der Waals surface area contributed by atoms with Gasteiger partial charge in [0.05, 0.1) is 0 Å². The Hall–Kier alpha value is -1.04. The van der Waals surface area contributed by atoms with Crippen LogP contribution in [0, 0.1) is 41.4 Å². The van der Waals surface area contributed by atoms with Gasteiger partial charge in [-0.2, -0.15) is 0 Å². The molecule has 0 aromatic heterocycles. The number of hydrogen-bond donors (Lipinski definition) is 0. The number of allylic oxidation sites excluding steroid dienone is 8. The Kier molecular flexibility index (Phi) is 4.60. The molecule has 0 spiro atoms. The van der Waals surface area contributed by atoms with E-state index in [1.54, 1.807) is 0 Å². The van der Waals surface area contributed by atoms with E-state index in [9.17, 15) is 0 Å². The highest BCUT2D eigenvalue weighted by molar-refractivity contribution is 5.21. The lowest BCUT2D eigenvalue weighted by atomic mass is 9.86. The lowest BCUT2D eigenvalue weighted by Crippen LogP contribution is -2.12. The third-order valence-corrected chi connectivity index (χ3v) is 6.89. The molecular weight excluding hydrogens is 276 g/mol. The average molecular weight is 309 g/mol. The van der Waals surface area contributed by atoms with E-state index >= 15 is 0 Å². The third-order valence-electron chi connectivity index (χ3n) is 6.89. The zero-order chi connectivity index (χ0) is 15.6. The fourth-order valence-corrected chi connectivity index (χ4v) is 5.61. The second kappa shape index (κ2) is 6.83. The first-order valence-corrected chi connectivity index (χ1v) is 10.0. The second-order valence-electron chi connectivity index (χ2n) is 8.37. The van der Waals surface area contributed by atoms with Crippen LogP contribution < -0.4 is 0 Å². The standard InChI is InChI=1S/C13H20.C10H12/c1-2-3-4-5-6-12-9-11-7-8-13(12)10-11;1-2-9-7-4-5-8(6-7)10(9)3-1/h5-8,11-13H,2-4,9-10H2,1H3;1-2,4-5,7-10H,3,6H2/b6-5+;. The number of fused-ring (bicyclic) bond motifs is 7. The van der Waals surface area contributed by atoms with Gasteiger partial charge in [0.25, 0.3) is 0 Å². The van der Waals surface area contributed by atoms with Crippen LogP contribution in [-0.2, 0) is 0 Å². The van der Waals surface area contributed by atoms with Crippen molar-refractivity contribution in [1.29, 1.82) is 0 Å². The maximum Gasteiger partial charge on any atom is -0.0133 e. The van der Waals surface area contributed by atoms with Crippen LogP contribution in [-0.4, -0.2) is 0 Å². The lowest BCUT2D eigenvalue weighted by molar-refractivity contribution is 0.398. The predicted molar refractivity (Wildman–Crippen MR) is 99.0 cm³/mol. The Morgan fingerprint density at radius 1 is 0.913 bits per heavy atom. The van der Waals surface area contributed by atoms with E-state index in [0.717, 1.165) is 41.4 Å². The van der Waals surface area contributed by atoms with E-state index in [1.807, 2.05) is 0 Å². The van der Waals surface area contributed by atoms with Crippen molar-refractivity contribution in [2.45, 2.75) is 51.9 Å². The Morgan fingerprint density at radius 3 is 2.52 bits per heavy atom. The zero-order valence-corrected chi connectivity index (χ0v) is 14.6. The van der Waals surface area contributed by atoms with Gasteiger partial charge in [0.2, 0.25) is 0 Å². The van der Waals surface area contributed by atoms with Gasteiger partial charge >= 0.3 is 0 Å². The van der Waals surface area contributed by atoms with Crippen LogP contribution in [0.15, 0.2) is 48.6 Å². The summed E-state index contributed by atoms with van der Waals surface area (Å²) in [4.78, 5) is 0. The van der Waals surface area contributed by atoms with Crippen molar-refractivity contribution in [3.63, 3.8) is 0 Å². The maximum atomic E-state index is 2.48. The fraction of sp³-hybridized carbons (Fsp3) is 0.652. The van der Waals surface area contributed by atoms with E-state index in [0.29, 0.717) is 0 Å². The minimum absolute atomic E-state index is 0.881. The summed E-state index contributed by atoms with van der Waals surface area (Å²) in [5, 5.41) is 0. The van der Waals surface area contributed by atoms with Gasteiger partial charge in [-0.1, -0.05) is 68.4 Å². The summed E-state index contributed by atoms with van der Waals surface area (Å²) in [6.45, 7) is 2.26. The Balaban J connectivity index is 0.000000121. The Morgan fingerprint density at radius 2 is 1.78 bits per heavy atom. The Bertz CT molecular complexity index is 520.